The molecule has 72 valence electrons. The van der Waals surface area contributed by atoms with Crippen molar-refractivity contribution < 1.29 is 4.79 Å². The van der Waals surface area contributed by atoms with Gasteiger partial charge in [-0.3, -0.25) is 9.79 Å². The minimum absolute atomic E-state index is 0.120. The third kappa shape index (κ3) is 1.26. The summed E-state index contributed by atoms with van der Waals surface area (Å²) in [6, 6.07) is 0. The number of nitrogens with one attached hydrogen (secondary N) is 1. The zero-order chi connectivity index (χ0) is 9.64. The van der Waals surface area contributed by atoms with Crippen LogP contribution < -0.4 is 5.32 Å². The van der Waals surface area contributed by atoms with Crippen LogP contribution in [0.2, 0.25) is 0 Å². The molecule has 13 heavy (non-hydrogen) atoms. The lowest BCUT2D eigenvalue weighted by molar-refractivity contribution is -0.120. The van der Waals surface area contributed by atoms with Gasteiger partial charge in [0.1, 0.15) is 11.4 Å². The lowest BCUT2D eigenvalue weighted by Crippen LogP contribution is -2.34. The normalized spacial score (nSPS) is 26.2. The Morgan fingerprint density at radius 3 is 2.38 bits per heavy atom. The van der Waals surface area contributed by atoms with E-state index < -0.39 is 0 Å². The van der Waals surface area contributed by atoms with Crippen molar-refractivity contribution in [2.75, 3.05) is 0 Å². The molecule has 2 aliphatic rings. The van der Waals surface area contributed by atoms with Gasteiger partial charge in [-0.25, -0.2) is 0 Å². The Morgan fingerprint density at radius 1 is 1.38 bits per heavy atom. The summed E-state index contributed by atoms with van der Waals surface area (Å²) in [5.41, 5.74) is -0.321. The van der Waals surface area contributed by atoms with Gasteiger partial charge in [-0.15, -0.1) is 0 Å². The van der Waals surface area contributed by atoms with Gasteiger partial charge in [0.15, 0.2) is 0 Å². The molecule has 0 aromatic carbocycles. The van der Waals surface area contributed by atoms with E-state index in [4.69, 9.17) is 0 Å². The zero-order valence-electron chi connectivity index (χ0n) is 8.42. The summed E-state index contributed by atoms with van der Waals surface area (Å²) >= 11 is 0. The molecular formula is C10H16N2O. The fourth-order valence-electron chi connectivity index (χ4n) is 1.53. The van der Waals surface area contributed by atoms with Crippen LogP contribution in [0.25, 0.3) is 0 Å². The first-order valence-corrected chi connectivity index (χ1v) is 4.96. The van der Waals surface area contributed by atoms with Crippen LogP contribution in [-0.4, -0.2) is 17.3 Å². The molecule has 1 atom stereocenters. The first-order chi connectivity index (χ1) is 6.05. The van der Waals surface area contributed by atoms with Crippen molar-refractivity contribution in [2.45, 2.75) is 39.2 Å². The van der Waals surface area contributed by atoms with Gasteiger partial charge in [0.2, 0.25) is 0 Å². The maximum absolute atomic E-state index is 11.5. The van der Waals surface area contributed by atoms with Crippen molar-refractivity contribution >= 4 is 11.7 Å². The molecule has 1 aliphatic heterocycles. The molecule has 0 aromatic heterocycles. The maximum Gasteiger partial charge on any atom is 0.253 e. The minimum Gasteiger partial charge on any atom is -0.312 e. The van der Waals surface area contributed by atoms with Crippen molar-refractivity contribution in [3.63, 3.8) is 0 Å². The van der Waals surface area contributed by atoms with Crippen molar-refractivity contribution in [1.82, 2.24) is 5.32 Å². The molecule has 1 unspecified atom stereocenters. The van der Waals surface area contributed by atoms with Crippen LogP contribution in [0.1, 0.15) is 33.6 Å². The van der Waals surface area contributed by atoms with E-state index >= 15 is 0 Å². The molecule has 1 spiro atoms. The molecule has 1 aliphatic carbocycles. The van der Waals surface area contributed by atoms with Gasteiger partial charge in [-0.2, -0.15) is 0 Å². The Morgan fingerprint density at radius 2 is 2.00 bits per heavy atom. The van der Waals surface area contributed by atoms with Crippen LogP contribution >= 0.6 is 0 Å². The summed E-state index contributed by atoms with van der Waals surface area (Å²) in [5.74, 6) is 1.92. The van der Waals surface area contributed by atoms with Crippen LogP contribution in [0.3, 0.4) is 0 Å². The monoisotopic (exact) mass is 180 g/mol. The van der Waals surface area contributed by atoms with Gasteiger partial charge >= 0.3 is 0 Å². The predicted octanol–water partition coefficient (Wildman–Crippen LogP) is 1.34. The standard InChI is InChI=1S/C10H16N2O/c1-6(2)7(3)8-11-9(13)10(12-8)4-5-10/h6-7H,4-5H2,1-3H3,(H,11,12,13). The third-order valence-corrected chi connectivity index (χ3v) is 3.15. The van der Waals surface area contributed by atoms with Crippen molar-refractivity contribution in [2.24, 2.45) is 16.8 Å². The second-order valence-electron chi connectivity index (χ2n) is 4.52. The van der Waals surface area contributed by atoms with Crippen LogP contribution in [0, 0.1) is 11.8 Å². The molecule has 1 heterocycles. The highest BCUT2D eigenvalue weighted by molar-refractivity contribution is 6.10. The molecule has 1 N–H and O–H groups in total. The number of hydrogen-bond donors (Lipinski definition) is 1. The number of hydrogen-bond acceptors (Lipinski definition) is 2. The highest BCUT2D eigenvalue weighted by atomic mass is 16.2. The van der Waals surface area contributed by atoms with Gasteiger partial charge in [-0.05, 0) is 18.8 Å². The van der Waals surface area contributed by atoms with Crippen LogP contribution in [0.4, 0.5) is 0 Å². The summed E-state index contributed by atoms with van der Waals surface area (Å²) in [7, 11) is 0. The quantitative estimate of drug-likeness (QED) is 0.684. The van der Waals surface area contributed by atoms with E-state index in [0.717, 1.165) is 18.7 Å². The largest absolute Gasteiger partial charge is 0.312 e. The molecule has 1 amide bonds. The number of aliphatic imine (C=N–C) groups is 1. The van der Waals surface area contributed by atoms with Gasteiger partial charge in [0.25, 0.3) is 5.91 Å². The van der Waals surface area contributed by atoms with E-state index in [2.05, 4.69) is 31.1 Å². The average Bonchev–Trinajstić information content (AvgIpc) is 2.75. The lowest BCUT2D eigenvalue weighted by atomic mass is 9.97. The summed E-state index contributed by atoms with van der Waals surface area (Å²) < 4.78 is 0. The Kier molecular flexibility index (Phi) is 1.72. The van der Waals surface area contributed by atoms with E-state index in [1.807, 2.05) is 0 Å². The summed E-state index contributed by atoms with van der Waals surface area (Å²) in [6.45, 7) is 6.42. The van der Waals surface area contributed by atoms with Crippen molar-refractivity contribution in [3.8, 4) is 0 Å². The highest BCUT2D eigenvalue weighted by Crippen LogP contribution is 2.43. The average molecular weight is 180 g/mol. The van der Waals surface area contributed by atoms with Crippen LogP contribution in [0.5, 0.6) is 0 Å². The smallest absolute Gasteiger partial charge is 0.253 e. The Hall–Kier alpha value is -0.860. The van der Waals surface area contributed by atoms with E-state index in [1.54, 1.807) is 0 Å². The van der Waals surface area contributed by atoms with Crippen LogP contribution in [0.15, 0.2) is 4.99 Å². The van der Waals surface area contributed by atoms with Crippen molar-refractivity contribution in [3.05, 3.63) is 0 Å². The Bertz CT molecular complexity index is 277. The summed E-state index contributed by atoms with van der Waals surface area (Å²) in [4.78, 5) is 16.0. The first kappa shape index (κ1) is 8.73. The molecule has 0 bridgehead atoms. The molecule has 1 fully saturated rings. The van der Waals surface area contributed by atoms with Gasteiger partial charge < -0.3 is 5.32 Å². The van der Waals surface area contributed by atoms with Gasteiger partial charge in [-0.1, -0.05) is 20.8 Å². The molecule has 1 saturated carbocycles. The molecule has 2 rings (SSSR count). The predicted molar refractivity (Wildman–Crippen MR) is 51.5 cm³/mol. The Balaban J connectivity index is 2.15. The molecule has 0 saturated heterocycles. The molecule has 3 nitrogen and oxygen atoms in total. The second kappa shape index (κ2) is 2.56. The minimum atomic E-state index is -0.321. The molecule has 0 aromatic rings. The fourth-order valence-corrected chi connectivity index (χ4v) is 1.53. The molecular weight excluding hydrogens is 164 g/mol. The van der Waals surface area contributed by atoms with E-state index in [-0.39, 0.29) is 11.4 Å². The summed E-state index contributed by atoms with van der Waals surface area (Å²) in [6.07, 6.45) is 1.88. The topological polar surface area (TPSA) is 41.5 Å². The van der Waals surface area contributed by atoms with Crippen LogP contribution in [-0.2, 0) is 4.79 Å². The summed E-state index contributed by atoms with van der Waals surface area (Å²) in [5, 5.41) is 2.90. The van der Waals surface area contributed by atoms with E-state index in [0.29, 0.717) is 11.8 Å². The van der Waals surface area contributed by atoms with E-state index in [9.17, 15) is 4.79 Å². The van der Waals surface area contributed by atoms with Gasteiger partial charge in [0, 0.05) is 5.92 Å². The second-order valence-corrected chi connectivity index (χ2v) is 4.52. The number of amidine groups is 1. The first-order valence-electron chi connectivity index (χ1n) is 4.96. The van der Waals surface area contributed by atoms with Gasteiger partial charge in [0.05, 0.1) is 0 Å². The lowest BCUT2D eigenvalue weighted by Gasteiger charge is -2.14. The maximum atomic E-state index is 11.5. The number of amides is 1. The fraction of sp³-hybridized carbons (Fsp3) is 0.800. The molecule has 3 heteroatoms. The number of carbonyl (C=O) groups excluding carboxylic acids is 1. The Labute approximate surface area is 78.6 Å². The van der Waals surface area contributed by atoms with Crippen molar-refractivity contribution in [1.29, 1.82) is 0 Å². The third-order valence-electron chi connectivity index (χ3n) is 3.15. The number of carbonyl (C=O) groups is 1. The zero-order valence-corrected chi connectivity index (χ0v) is 8.42. The SMILES string of the molecule is CC(C)C(C)C1=NC2(CC2)C(=O)N1. The number of nitrogens with zero attached hydrogens (tertiary/aromatic N) is 1. The highest BCUT2D eigenvalue weighted by Gasteiger charge is 2.54. The van der Waals surface area contributed by atoms with E-state index in [1.165, 1.54) is 0 Å². The molecule has 0 radical (unpaired) electrons. The number of rotatable bonds is 2.